The Morgan fingerprint density at radius 1 is 1.11 bits per heavy atom. The molecule has 0 saturated heterocycles. The van der Waals surface area contributed by atoms with Gasteiger partial charge in [0.15, 0.2) is 5.16 Å². The van der Waals surface area contributed by atoms with Crippen molar-refractivity contribution in [3.8, 4) is 11.4 Å². The van der Waals surface area contributed by atoms with E-state index in [9.17, 15) is 4.79 Å². The van der Waals surface area contributed by atoms with Crippen LogP contribution in [0.2, 0.25) is 0 Å². The minimum atomic E-state index is -0.319. The molecular weight excluding hydrogens is 370 g/mol. The zero-order chi connectivity index (χ0) is 20.1. The van der Waals surface area contributed by atoms with E-state index in [1.807, 2.05) is 42.0 Å². The summed E-state index contributed by atoms with van der Waals surface area (Å²) in [6.07, 6.45) is 3.67. The van der Waals surface area contributed by atoms with Crippen molar-refractivity contribution in [1.29, 1.82) is 0 Å². The molecule has 1 atom stereocenters. The molecular formula is C22H25N3O2S. The number of nitrogens with one attached hydrogen (secondary N) is 1. The van der Waals surface area contributed by atoms with Gasteiger partial charge in [-0.3, -0.25) is 9.36 Å². The van der Waals surface area contributed by atoms with Crippen molar-refractivity contribution < 1.29 is 9.53 Å². The fourth-order valence-electron chi connectivity index (χ4n) is 2.79. The lowest BCUT2D eigenvalue weighted by Crippen LogP contribution is -2.23. The van der Waals surface area contributed by atoms with Crippen molar-refractivity contribution in [3.63, 3.8) is 0 Å². The number of aromatic nitrogens is 2. The van der Waals surface area contributed by atoms with E-state index in [2.05, 4.69) is 48.4 Å². The molecule has 1 N–H and O–H groups in total. The van der Waals surface area contributed by atoms with Crippen LogP contribution in [-0.4, -0.2) is 27.8 Å². The van der Waals surface area contributed by atoms with Crippen molar-refractivity contribution in [2.24, 2.45) is 0 Å². The van der Waals surface area contributed by atoms with Gasteiger partial charge in [-0.25, -0.2) is 4.98 Å². The zero-order valence-electron chi connectivity index (χ0n) is 16.5. The first-order valence-electron chi connectivity index (χ1n) is 9.23. The largest absolute Gasteiger partial charge is 0.495 e. The molecule has 3 aromatic rings. The van der Waals surface area contributed by atoms with Crippen molar-refractivity contribution in [2.45, 2.75) is 37.1 Å². The Kier molecular flexibility index (Phi) is 6.41. The van der Waals surface area contributed by atoms with Crippen molar-refractivity contribution in [1.82, 2.24) is 9.55 Å². The number of rotatable bonds is 7. The number of hydrogen-bond acceptors (Lipinski definition) is 4. The summed E-state index contributed by atoms with van der Waals surface area (Å²) in [6, 6.07) is 15.8. The van der Waals surface area contributed by atoms with Gasteiger partial charge >= 0.3 is 0 Å². The van der Waals surface area contributed by atoms with Crippen LogP contribution in [0.3, 0.4) is 0 Å². The van der Waals surface area contributed by atoms with Crippen LogP contribution >= 0.6 is 11.8 Å². The minimum Gasteiger partial charge on any atom is -0.495 e. The van der Waals surface area contributed by atoms with Crippen LogP contribution in [0.1, 0.15) is 32.3 Å². The molecule has 0 aliphatic carbocycles. The lowest BCUT2D eigenvalue weighted by atomic mass is 10.0. The maximum absolute atomic E-state index is 12.6. The highest BCUT2D eigenvalue weighted by molar-refractivity contribution is 8.00. The molecule has 0 spiro atoms. The first kappa shape index (κ1) is 20.0. The third-order valence-electron chi connectivity index (χ3n) is 4.46. The highest BCUT2D eigenvalue weighted by atomic mass is 32.2. The second kappa shape index (κ2) is 8.97. The molecule has 1 heterocycles. The third kappa shape index (κ3) is 4.57. The molecule has 1 amide bonds. The molecule has 5 nitrogen and oxygen atoms in total. The number of nitrogens with zero attached hydrogens (tertiary/aromatic N) is 2. The predicted molar refractivity (Wildman–Crippen MR) is 115 cm³/mol. The van der Waals surface area contributed by atoms with Crippen LogP contribution in [0.4, 0.5) is 5.69 Å². The van der Waals surface area contributed by atoms with Crippen LogP contribution in [0.5, 0.6) is 5.75 Å². The second-order valence-electron chi connectivity index (χ2n) is 6.78. The summed E-state index contributed by atoms with van der Waals surface area (Å²) < 4.78 is 7.30. The number of hydrogen-bond donors (Lipinski definition) is 1. The summed E-state index contributed by atoms with van der Waals surface area (Å²) in [5.41, 5.74) is 2.99. The summed E-state index contributed by atoms with van der Waals surface area (Å²) in [6.45, 7) is 6.22. The SMILES string of the molecule is COc1ccccc1NC(=O)C(C)Sc1nccn1-c1ccc(C(C)C)cc1. The lowest BCUT2D eigenvalue weighted by Gasteiger charge is -2.15. The highest BCUT2D eigenvalue weighted by Gasteiger charge is 2.19. The smallest absolute Gasteiger partial charge is 0.237 e. The van der Waals surface area contributed by atoms with Crippen LogP contribution in [0.15, 0.2) is 66.1 Å². The van der Waals surface area contributed by atoms with E-state index < -0.39 is 0 Å². The highest BCUT2D eigenvalue weighted by Crippen LogP contribution is 2.28. The van der Waals surface area contributed by atoms with Gasteiger partial charge in [-0.2, -0.15) is 0 Å². The van der Waals surface area contributed by atoms with E-state index in [1.54, 1.807) is 13.3 Å². The molecule has 3 rings (SSSR count). The maximum Gasteiger partial charge on any atom is 0.237 e. The lowest BCUT2D eigenvalue weighted by molar-refractivity contribution is -0.115. The molecule has 28 heavy (non-hydrogen) atoms. The number of thioether (sulfide) groups is 1. The summed E-state index contributed by atoms with van der Waals surface area (Å²) in [7, 11) is 1.59. The van der Waals surface area contributed by atoms with Gasteiger partial charge in [-0.05, 0) is 42.7 Å². The Morgan fingerprint density at radius 3 is 2.50 bits per heavy atom. The first-order chi connectivity index (χ1) is 13.5. The molecule has 146 valence electrons. The Labute approximate surface area is 170 Å². The van der Waals surface area contributed by atoms with Gasteiger partial charge in [-0.15, -0.1) is 0 Å². The van der Waals surface area contributed by atoms with Crippen molar-refractivity contribution in [3.05, 3.63) is 66.5 Å². The molecule has 2 aromatic carbocycles. The number of imidazole rings is 1. The van der Waals surface area contributed by atoms with E-state index in [4.69, 9.17) is 4.74 Å². The summed E-state index contributed by atoms with van der Waals surface area (Å²) in [5.74, 6) is 1.03. The van der Waals surface area contributed by atoms with Gasteiger partial charge in [0, 0.05) is 18.1 Å². The number of carbonyl (C=O) groups excluding carboxylic acids is 1. The van der Waals surface area contributed by atoms with Crippen LogP contribution in [0.25, 0.3) is 5.69 Å². The van der Waals surface area contributed by atoms with Gasteiger partial charge in [0.1, 0.15) is 5.75 Å². The first-order valence-corrected chi connectivity index (χ1v) is 10.1. The van der Waals surface area contributed by atoms with E-state index in [0.29, 0.717) is 17.4 Å². The Morgan fingerprint density at radius 2 is 1.82 bits per heavy atom. The quantitative estimate of drug-likeness (QED) is 0.564. The minimum absolute atomic E-state index is 0.0980. The topological polar surface area (TPSA) is 56.1 Å². The van der Waals surface area contributed by atoms with Crippen LogP contribution < -0.4 is 10.1 Å². The number of carbonyl (C=O) groups is 1. The van der Waals surface area contributed by atoms with E-state index in [-0.39, 0.29) is 11.2 Å². The van der Waals surface area contributed by atoms with Gasteiger partial charge in [0.25, 0.3) is 0 Å². The van der Waals surface area contributed by atoms with E-state index in [0.717, 1.165) is 10.8 Å². The number of ether oxygens (including phenoxy) is 1. The number of methoxy groups -OCH3 is 1. The second-order valence-corrected chi connectivity index (χ2v) is 8.08. The molecule has 0 radical (unpaired) electrons. The molecule has 0 aliphatic heterocycles. The average molecular weight is 396 g/mol. The fraction of sp³-hybridized carbons (Fsp3) is 0.273. The van der Waals surface area contributed by atoms with Crippen molar-refractivity contribution in [2.75, 3.05) is 12.4 Å². The van der Waals surface area contributed by atoms with Gasteiger partial charge in [-0.1, -0.05) is 49.9 Å². The molecule has 6 heteroatoms. The predicted octanol–water partition coefficient (Wildman–Crippen LogP) is 5.12. The number of anilines is 1. The number of para-hydroxylation sites is 2. The molecule has 0 saturated carbocycles. The third-order valence-corrected chi connectivity index (χ3v) is 5.54. The van der Waals surface area contributed by atoms with Crippen molar-refractivity contribution >= 4 is 23.4 Å². The monoisotopic (exact) mass is 395 g/mol. The summed E-state index contributed by atoms with van der Waals surface area (Å²) in [4.78, 5) is 17.1. The van der Waals surface area contributed by atoms with E-state index >= 15 is 0 Å². The fourth-order valence-corrected chi connectivity index (χ4v) is 3.67. The van der Waals surface area contributed by atoms with Gasteiger partial charge in [0.05, 0.1) is 18.0 Å². The Hall–Kier alpha value is -2.73. The van der Waals surface area contributed by atoms with Gasteiger partial charge in [0.2, 0.25) is 5.91 Å². The zero-order valence-corrected chi connectivity index (χ0v) is 17.4. The van der Waals surface area contributed by atoms with Crippen LogP contribution in [0, 0.1) is 0 Å². The molecule has 0 aliphatic rings. The van der Waals surface area contributed by atoms with E-state index in [1.165, 1.54) is 17.3 Å². The molecule has 0 bridgehead atoms. The van der Waals surface area contributed by atoms with Crippen LogP contribution in [-0.2, 0) is 4.79 Å². The summed E-state index contributed by atoms with van der Waals surface area (Å²) >= 11 is 1.42. The number of benzene rings is 2. The average Bonchev–Trinajstić information content (AvgIpc) is 3.16. The van der Waals surface area contributed by atoms with Gasteiger partial charge < -0.3 is 10.1 Å². The Balaban J connectivity index is 1.72. The summed E-state index contributed by atoms with van der Waals surface area (Å²) in [5, 5.41) is 3.39. The molecule has 1 unspecified atom stereocenters. The normalized spacial score (nSPS) is 12.0. The molecule has 0 fully saturated rings. The Bertz CT molecular complexity index is 935. The molecule has 1 aromatic heterocycles. The maximum atomic E-state index is 12.6. The standard InChI is InChI=1S/C22H25N3O2S/c1-15(2)17-9-11-18(12-10-17)25-14-13-23-22(25)28-16(3)21(26)24-19-7-5-6-8-20(19)27-4/h5-16H,1-4H3,(H,24,26). The number of amides is 1.